The third kappa shape index (κ3) is 22.8. The minimum atomic E-state index is -0.457. The molecule has 102 heavy (non-hydrogen) atoms. The van der Waals surface area contributed by atoms with Gasteiger partial charge in [0, 0.05) is 129 Å². The quantitative estimate of drug-likeness (QED) is 0.101. The van der Waals surface area contributed by atoms with Gasteiger partial charge in [-0.3, -0.25) is 14.8 Å². The van der Waals surface area contributed by atoms with Crippen LogP contribution in [0.25, 0.3) is 21.8 Å². The minimum absolute atomic E-state index is 0. The van der Waals surface area contributed by atoms with Crippen molar-refractivity contribution in [2.24, 2.45) is 17.6 Å². The van der Waals surface area contributed by atoms with Crippen molar-refractivity contribution in [2.75, 3.05) is 75.2 Å². The van der Waals surface area contributed by atoms with E-state index in [1.165, 1.54) is 22.3 Å². The number of ether oxygens (including phenoxy) is 3. The third-order valence-corrected chi connectivity index (χ3v) is 19.7. The Morgan fingerprint density at radius 1 is 0.539 bits per heavy atom. The Morgan fingerprint density at radius 2 is 0.912 bits per heavy atom. The number of amides is 3. The second-order valence-electron chi connectivity index (χ2n) is 30.9. The second-order valence-corrected chi connectivity index (χ2v) is 31.8. The maximum atomic E-state index is 12.4. The SMILES string of the molecule is CC(C)(C)OC(=O)N1CCC(c2ccc(Br)cc2)CC1.CC(C)(C)OC(=O)N1CCC(c2ccc(C=O)cc2)CC1.C[C@H]1C[C@@H](N)CN(c2ccc(C#N)c3ncccc23)C1.C[C@H]1C[C@@H](NCc2ccc(C3CCN(C(=O)OC(C)(C)C)CC3)cc2)CN(c2ccc(C#N)c3ncccc23)C1.Cl. The Bertz CT molecular complexity index is 3980. The van der Waals surface area contributed by atoms with Crippen molar-refractivity contribution >= 4 is 86.1 Å². The summed E-state index contributed by atoms with van der Waals surface area (Å²) >= 11 is 3.46. The highest BCUT2D eigenvalue weighted by Gasteiger charge is 2.32. The fraction of sp³-hybridized carbons (Fsp3) is 0.488. The zero-order valence-corrected chi connectivity index (χ0v) is 63.9. The normalized spacial score (nSPS) is 19.2. The molecule has 5 saturated heterocycles. The van der Waals surface area contributed by atoms with Crippen LogP contribution < -0.4 is 20.9 Å². The molecule has 20 heteroatoms. The zero-order chi connectivity index (χ0) is 72.6. The van der Waals surface area contributed by atoms with Crippen LogP contribution in [0.1, 0.15) is 189 Å². The van der Waals surface area contributed by atoms with E-state index >= 15 is 0 Å². The van der Waals surface area contributed by atoms with Crippen LogP contribution in [0.15, 0.2) is 138 Å². The van der Waals surface area contributed by atoms with Gasteiger partial charge in [-0.1, -0.05) is 90.4 Å². The molecule has 12 rings (SSSR count). The largest absolute Gasteiger partial charge is 0.444 e. The van der Waals surface area contributed by atoms with Gasteiger partial charge in [-0.05, 0) is 226 Å². The number of anilines is 2. The molecule has 0 aliphatic carbocycles. The van der Waals surface area contributed by atoms with Crippen LogP contribution in [0.2, 0.25) is 0 Å². The molecule has 0 unspecified atom stereocenters. The van der Waals surface area contributed by atoms with E-state index in [1.54, 1.807) is 17.3 Å². The predicted molar refractivity (Wildman–Crippen MR) is 413 cm³/mol. The van der Waals surface area contributed by atoms with Gasteiger partial charge in [0.25, 0.3) is 0 Å². The molecule has 5 aliphatic heterocycles. The van der Waals surface area contributed by atoms with Crippen molar-refractivity contribution in [1.82, 2.24) is 30.0 Å². The lowest BCUT2D eigenvalue weighted by Gasteiger charge is -2.39. The summed E-state index contributed by atoms with van der Waals surface area (Å²) in [6.45, 7) is 30.7. The van der Waals surface area contributed by atoms with E-state index < -0.39 is 16.8 Å². The van der Waals surface area contributed by atoms with Crippen LogP contribution in [0.4, 0.5) is 25.8 Å². The smallest absolute Gasteiger partial charge is 0.410 e. The number of likely N-dealkylation sites (tertiary alicyclic amines) is 3. The summed E-state index contributed by atoms with van der Waals surface area (Å²) in [6.07, 6.45) is 11.7. The van der Waals surface area contributed by atoms with Gasteiger partial charge >= 0.3 is 18.3 Å². The lowest BCUT2D eigenvalue weighted by Crippen LogP contribution is -2.48. The van der Waals surface area contributed by atoms with Gasteiger partial charge in [-0.25, -0.2) is 14.4 Å². The molecule has 2 aromatic heterocycles. The molecule has 0 saturated carbocycles. The summed E-state index contributed by atoms with van der Waals surface area (Å²) in [5, 5.41) is 24.6. The van der Waals surface area contributed by atoms with Crippen molar-refractivity contribution in [2.45, 2.75) is 181 Å². The number of pyridine rings is 2. The molecule has 544 valence electrons. The maximum absolute atomic E-state index is 12.4. The first-order chi connectivity index (χ1) is 48.1. The van der Waals surface area contributed by atoms with Crippen LogP contribution in [0, 0.1) is 34.5 Å². The summed E-state index contributed by atoms with van der Waals surface area (Å²) in [7, 11) is 0. The van der Waals surface area contributed by atoms with Gasteiger partial charge in [0.15, 0.2) is 0 Å². The molecule has 7 heterocycles. The standard InChI is InChI=1S/C33H41N5O2.C17H23NO3.C16H22BrNO2.C16H18N4.ClH/c1-23-18-28(22-38(21-23)30-12-11-27(19-34)31-29(30)6-5-15-35-31)36-20-24-7-9-25(10-8-24)26-13-16-37(17-14-26)32(39)40-33(2,3)4;1-17(2,3)21-16(20)18-10-8-15(9-11-18)14-6-4-13(12-19)5-7-14;1-16(2,3)20-15(19)18-10-8-13(9-11-18)12-4-6-14(17)7-5-12;1-11-7-13(18)10-20(9-11)15-5-4-12(8-17)16-14(15)3-2-6-19-16;/h5-12,15,23,26,28,36H,13-14,16-18,20-22H2,1-4H3;4-7,12,15H,8-11H2,1-3H3;4-7,13H,8-11H2,1-3H3;2-6,11,13H,7,9-10,18H2,1H3;1H/t23-,28+;;;11-,13+;/m0..0./s1. The van der Waals surface area contributed by atoms with Gasteiger partial charge in [-0.2, -0.15) is 10.5 Å². The number of aldehydes is 1. The number of nitrogens with two attached hydrogens (primary N) is 1. The van der Waals surface area contributed by atoms with Gasteiger partial charge in [0.05, 0.1) is 22.2 Å². The van der Waals surface area contributed by atoms with Crippen molar-refractivity contribution in [3.8, 4) is 12.1 Å². The number of halogens is 2. The maximum Gasteiger partial charge on any atom is 0.410 e. The second kappa shape index (κ2) is 36.2. The fourth-order valence-corrected chi connectivity index (χ4v) is 14.5. The van der Waals surface area contributed by atoms with E-state index in [4.69, 9.17) is 19.9 Å². The summed E-state index contributed by atoms with van der Waals surface area (Å²) in [5.41, 5.74) is 15.8. The average Bonchev–Trinajstić information content (AvgIpc) is 0.789. The van der Waals surface area contributed by atoms with Crippen molar-refractivity contribution < 1.29 is 33.4 Å². The number of nitrogens with zero attached hydrogens (tertiary/aromatic N) is 9. The van der Waals surface area contributed by atoms with E-state index in [0.717, 1.165) is 167 Å². The van der Waals surface area contributed by atoms with Crippen LogP contribution in [0.3, 0.4) is 0 Å². The van der Waals surface area contributed by atoms with Crippen LogP contribution in [-0.4, -0.2) is 144 Å². The number of fused-ring (bicyclic) bond motifs is 2. The summed E-state index contributed by atoms with van der Waals surface area (Å²) in [4.78, 5) is 66.1. The Balaban J connectivity index is 0.000000182. The molecule has 0 bridgehead atoms. The van der Waals surface area contributed by atoms with E-state index in [0.29, 0.717) is 52.3 Å². The average molecular weight is 1470 g/mol. The number of hydrogen-bond donors (Lipinski definition) is 2. The number of rotatable bonds is 9. The first-order valence-corrected chi connectivity index (χ1v) is 36.8. The molecule has 0 radical (unpaired) electrons. The minimum Gasteiger partial charge on any atom is -0.444 e. The zero-order valence-electron chi connectivity index (χ0n) is 61.5. The number of carbonyl (C=O) groups excluding carboxylic acids is 4. The van der Waals surface area contributed by atoms with Crippen molar-refractivity contribution in [3.63, 3.8) is 0 Å². The molecule has 5 aromatic carbocycles. The highest BCUT2D eigenvalue weighted by Crippen LogP contribution is 2.36. The molecular weight excluding hydrogens is 1370 g/mol. The van der Waals surface area contributed by atoms with Gasteiger partial charge in [-0.15, -0.1) is 12.4 Å². The van der Waals surface area contributed by atoms with E-state index in [9.17, 15) is 29.7 Å². The van der Waals surface area contributed by atoms with Gasteiger partial charge in [0.1, 0.15) is 35.2 Å². The number of piperidine rings is 5. The molecule has 3 N–H and O–H groups in total. The Kier molecular flexibility index (Phi) is 28.2. The molecule has 7 aromatic rings. The molecule has 5 fully saturated rings. The number of nitriles is 2. The first kappa shape index (κ1) is 79.4. The lowest BCUT2D eigenvalue weighted by atomic mass is 9.89. The number of benzene rings is 5. The van der Waals surface area contributed by atoms with Crippen molar-refractivity contribution in [1.29, 1.82) is 10.5 Å². The first-order valence-electron chi connectivity index (χ1n) is 36.0. The molecule has 18 nitrogen and oxygen atoms in total. The molecule has 5 aliphatic rings. The number of nitrogens with one attached hydrogen (secondary N) is 1. The highest BCUT2D eigenvalue weighted by atomic mass is 79.9. The summed E-state index contributed by atoms with van der Waals surface area (Å²) in [6, 6.07) is 46.1. The molecule has 3 amide bonds. The Hall–Kier alpha value is -8.33. The number of carbonyl (C=O) groups is 4. The fourth-order valence-electron chi connectivity index (χ4n) is 14.3. The van der Waals surface area contributed by atoms with Gasteiger partial charge < -0.3 is 49.8 Å². The van der Waals surface area contributed by atoms with Crippen LogP contribution in [0.5, 0.6) is 0 Å². The molecule has 0 spiro atoms. The van der Waals surface area contributed by atoms with Crippen molar-refractivity contribution in [3.05, 3.63) is 177 Å². The number of aromatic nitrogens is 2. The van der Waals surface area contributed by atoms with Crippen LogP contribution in [-0.2, 0) is 20.8 Å². The van der Waals surface area contributed by atoms with Gasteiger partial charge in [0.2, 0.25) is 0 Å². The van der Waals surface area contributed by atoms with E-state index in [1.807, 2.05) is 133 Å². The summed E-state index contributed by atoms with van der Waals surface area (Å²) in [5.74, 6) is 2.61. The summed E-state index contributed by atoms with van der Waals surface area (Å²) < 4.78 is 17.5. The monoisotopic (exact) mass is 1470 g/mol. The van der Waals surface area contributed by atoms with Crippen LogP contribution >= 0.6 is 28.3 Å². The Morgan fingerprint density at radius 3 is 1.28 bits per heavy atom. The molecule has 4 atom stereocenters. The third-order valence-electron chi connectivity index (χ3n) is 19.1. The number of hydrogen-bond acceptors (Lipinski definition) is 15. The topological polar surface area (TPSA) is 224 Å². The molecular formula is C82H105BrClN11O7. The highest BCUT2D eigenvalue weighted by molar-refractivity contribution is 9.10. The predicted octanol–water partition coefficient (Wildman–Crippen LogP) is 17.1. The lowest BCUT2D eigenvalue weighted by molar-refractivity contribution is 0.0194. The Labute approximate surface area is 619 Å². The van der Waals surface area contributed by atoms with E-state index in [2.05, 4.69) is 128 Å². The van der Waals surface area contributed by atoms with E-state index in [-0.39, 0.29) is 36.7 Å².